The Kier molecular flexibility index (Phi) is 3.94. The summed E-state index contributed by atoms with van der Waals surface area (Å²) in [5, 5.41) is 0. The Labute approximate surface area is 117 Å². The summed E-state index contributed by atoms with van der Waals surface area (Å²) < 4.78 is 0. The van der Waals surface area contributed by atoms with Crippen molar-refractivity contribution < 1.29 is 14.4 Å². The molecule has 1 aliphatic rings. The van der Waals surface area contributed by atoms with Gasteiger partial charge in [-0.25, -0.2) is 4.90 Å². The first-order valence-corrected chi connectivity index (χ1v) is 6.34. The fourth-order valence-electron chi connectivity index (χ4n) is 2.02. The van der Waals surface area contributed by atoms with Crippen LogP contribution >= 0.6 is 0 Å². The lowest BCUT2D eigenvalue weighted by Gasteiger charge is -2.13. The molecule has 1 aromatic carbocycles. The summed E-state index contributed by atoms with van der Waals surface area (Å²) >= 11 is 0. The summed E-state index contributed by atoms with van der Waals surface area (Å²) in [6, 6.07) is 6.47. The molecule has 0 unspecified atom stereocenters. The maximum atomic E-state index is 12.2. The number of nitrogens with zero attached hydrogens (tertiary/aromatic N) is 1. The number of amides is 2. The number of ketones is 1. The van der Waals surface area contributed by atoms with Crippen LogP contribution in [0.3, 0.4) is 0 Å². The number of rotatable bonds is 3. The number of Topliss-reactive ketones (excluding diaryl/α,β-unsaturated/α-hetero) is 1. The summed E-state index contributed by atoms with van der Waals surface area (Å²) in [6.45, 7) is 3.32. The Morgan fingerprint density at radius 3 is 2.40 bits per heavy atom. The van der Waals surface area contributed by atoms with Crippen molar-refractivity contribution in [1.29, 1.82) is 0 Å². The highest BCUT2D eigenvalue weighted by Crippen LogP contribution is 2.26. The van der Waals surface area contributed by atoms with E-state index in [0.29, 0.717) is 16.8 Å². The van der Waals surface area contributed by atoms with Crippen molar-refractivity contribution in [3.63, 3.8) is 0 Å². The molecule has 0 bridgehead atoms. The topological polar surface area (TPSA) is 54.5 Å². The highest BCUT2D eigenvalue weighted by Gasteiger charge is 2.34. The first kappa shape index (κ1) is 13.9. The first-order valence-electron chi connectivity index (χ1n) is 6.34. The minimum absolute atomic E-state index is 0.0516. The summed E-state index contributed by atoms with van der Waals surface area (Å²) in [5.41, 5.74) is 1.52. The first-order chi connectivity index (χ1) is 9.54. The van der Waals surface area contributed by atoms with E-state index in [0.717, 1.165) is 4.90 Å². The van der Waals surface area contributed by atoms with Gasteiger partial charge < -0.3 is 0 Å². The van der Waals surface area contributed by atoms with Crippen LogP contribution in [0.5, 0.6) is 0 Å². The number of carbonyl (C=O) groups excluding carboxylic acids is 3. The molecule has 0 aliphatic carbocycles. The molecule has 2 rings (SSSR count). The van der Waals surface area contributed by atoms with Gasteiger partial charge in [0, 0.05) is 11.1 Å². The number of imide groups is 1. The molecule has 1 aromatic rings. The Bertz CT molecular complexity index is 624. The van der Waals surface area contributed by atoms with Gasteiger partial charge in [0.1, 0.15) is 0 Å². The average molecular weight is 269 g/mol. The van der Waals surface area contributed by atoms with E-state index in [-0.39, 0.29) is 24.0 Å². The molecule has 0 saturated carbocycles. The summed E-state index contributed by atoms with van der Waals surface area (Å²) in [5.74, 6) is -0.603. The molecule has 1 aliphatic heterocycles. The van der Waals surface area contributed by atoms with Crippen LogP contribution < -0.4 is 4.90 Å². The molecule has 1 fully saturated rings. The Morgan fingerprint density at radius 1 is 1.20 bits per heavy atom. The number of anilines is 1. The van der Waals surface area contributed by atoms with Crippen molar-refractivity contribution in [2.75, 3.05) is 4.90 Å². The molecule has 0 spiro atoms. The molecule has 0 aromatic heterocycles. The van der Waals surface area contributed by atoms with Crippen molar-refractivity contribution in [1.82, 2.24) is 0 Å². The smallest absolute Gasteiger partial charge is 0.261 e. The molecule has 1 heterocycles. The van der Waals surface area contributed by atoms with Crippen LogP contribution in [0.15, 0.2) is 48.1 Å². The molecule has 20 heavy (non-hydrogen) atoms. The molecule has 0 N–H and O–H groups in total. The predicted octanol–water partition coefficient (Wildman–Crippen LogP) is 2.66. The van der Waals surface area contributed by atoms with E-state index in [9.17, 15) is 14.4 Å². The van der Waals surface area contributed by atoms with Gasteiger partial charge in [-0.05, 0) is 38.1 Å². The minimum atomic E-state index is -0.302. The van der Waals surface area contributed by atoms with Crippen molar-refractivity contribution in [3.8, 4) is 0 Å². The molecule has 102 valence electrons. The molecular formula is C16H15NO3. The quantitative estimate of drug-likeness (QED) is 0.481. The van der Waals surface area contributed by atoms with E-state index < -0.39 is 0 Å². The lowest BCUT2D eigenvalue weighted by Crippen LogP contribution is -2.28. The highest BCUT2D eigenvalue weighted by molar-refractivity contribution is 6.28. The molecule has 4 nitrogen and oxygen atoms in total. The number of benzene rings is 1. The zero-order valence-electron chi connectivity index (χ0n) is 11.4. The van der Waals surface area contributed by atoms with Gasteiger partial charge in [0.2, 0.25) is 5.91 Å². The normalized spacial score (nSPS) is 17.5. The van der Waals surface area contributed by atoms with Gasteiger partial charge >= 0.3 is 0 Å². The van der Waals surface area contributed by atoms with Gasteiger partial charge in [-0.1, -0.05) is 18.2 Å². The number of hydrogen-bond donors (Lipinski definition) is 0. The third kappa shape index (κ3) is 2.59. The standard InChI is InChI=1S/C16H15NO3/c1-3-4-5-13-10-15(19)17(16(13)20)14-8-6-12(7-9-14)11(2)18/h3-9H,10H2,1-2H3. The minimum Gasteiger partial charge on any atom is -0.295 e. The second kappa shape index (κ2) is 5.65. The third-order valence-corrected chi connectivity index (χ3v) is 3.09. The third-order valence-electron chi connectivity index (χ3n) is 3.09. The van der Waals surface area contributed by atoms with E-state index in [2.05, 4.69) is 0 Å². The van der Waals surface area contributed by atoms with Crippen molar-refractivity contribution in [2.24, 2.45) is 0 Å². The lowest BCUT2D eigenvalue weighted by atomic mass is 10.1. The van der Waals surface area contributed by atoms with E-state index in [1.54, 1.807) is 42.5 Å². The van der Waals surface area contributed by atoms with E-state index >= 15 is 0 Å². The fourth-order valence-corrected chi connectivity index (χ4v) is 2.02. The Balaban J connectivity index is 2.31. The number of hydrogen-bond acceptors (Lipinski definition) is 3. The van der Waals surface area contributed by atoms with Gasteiger partial charge in [-0.15, -0.1) is 0 Å². The summed E-state index contributed by atoms with van der Waals surface area (Å²) in [7, 11) is 0. The van der Waals surface area contributed by atoms with Gasteiger partial charge in [-0.3, -0.25) is 14.4 Å². The molecule has 0 radical (unpaired) electrons. The summed E-state index contributed by atoms with van der Waals surface area (Å²) in [4.78, 5) is 36.5. The maximum Gasteiger partial charge on any atom is 0.261 e. The van der Waals surface area contributed by atoms with Crippen LogP contribution in [-0.2, 0) is 9.59 Å². The second-order valence-electron chi connectivity index (χ2n) is 4.53. The number of carbonyl (C=O) groups is 3. The SMILES string of the molecule is CC=CC=C1CC(=O)N(c2ccc(C(C)=O)cc2)C1=O. The molecule has 1 saturated heterocycles. The van der Waals surface area contributed by atoms with Crippen molar-refractivity contribution in [2.45, 2.75) is 20.3 Å². The van der Waals surface area contributed by atoms with Crippen LogP contribution in [0.4, 0.5) is 5.69 Å². The van der Waals surface area contributed by atoms with Crippen LogP contribution in [0.25, 0.3) is 0 Å². The van der Waals surface area contributed by atoms with Crippen LogP contribution in [0, 0.1) is 0 Å². The average Bonchev–Trinajstić information content (AvgIpc) is 2.71. The van der Waals surface area contributed by atoms with Gasteiger partial charge in [-0.2, -0.15) is 0 Å². The monoisotopic (exact) mass is 269 g/mol. The van der Waals surface area contributed by atoms with Crippen LogP contribution in [0.2, 0.25) is 0 Å². The van der Waals surface area contributed by atoms with Crippen LogP contribution in [0.1, 0.15) is 30.6 Å². The zero-order valence-corrected chi connectivity index (χ0v) is 11.4. The van der Waals surface area contributed by atoms with E-state index in [4.69, 9.17) is 0 Å². The largest absolute Gasteiger partial charge is 0.295 e. The Morgan fingerprint density at radius 2 is 1.85 bits per heavy atom. The molecule has 4 heteroatoms. The molecule has 2 amide bonds. The van der Waals surface area contributed by atoms with Gasteiger partial charge in [0.05, 0.1) is 12.1 Å². The van der Waals surface area contributed by atoms with Gasteiger partial charge in [0.25, 0.3) is 5.91 Å². The fraction of sp³-hybridized carbons (Fsp3) is 0.188. The van der Waals surface area contributed by atoms with E-state index in [1.807, 2.05) is 6.92 Å². The van der Waals surface area contributed by atoms with Crippen molar-refractivity contribution >= 4 is 23.3 Å². The van der Waals surface area contributed by atoms with Gasteiger partial charge in [0.15, 0.2) is 5.78 Å². The van der Waals surface area contributed by atoms with E-state index in [1.165, 1.54) is 6.92 Å². The Hall–Kier alpha value is -2.49. The molecular weight excluding hydrogens is 254 g/mol. The van der Waals surface area contributed by atoms with Crippen molar-refractivity contribution in [3.05, 3.63) is 53.6 Å². The molecule has 0 atom stereocenters. The summed E-state index contributed by atoms with van der Waals surface area (Å²) in [6.07, 6.45) is 5.31. The zero-order chi connectivity index (χ0) is 14.7. The maximum absolute atomic E-state index is 12.2. The number of allylic oxidation sites excluding steroid dienone is 3. The van der Waals surface area contributed by atoms with Crippen LogP contribution in [-0.4, -0.2) is 17.6 Å². The highest BCUT2D eigenvalue weighted by atomic mass is 16.2. The lowest BCUT2D eigenvalue weighted by molar-refractivity contribution is -0.120. The predicted molar refractivity (Wildman–Crippen MR) is 76.5 cm³/mol. The second-order valence-corrected chi connectivity index (χ2v) is 4.53.